The largest absolute Gasteiger partial charge is 0.447 e. The number of carbonyl (C=O) groups is 2. The highest BCUT2D eigenvalue weighted by Gasteiger charge is 2.31. The van der Waals surface area contributed by atoms with Gasteiger partial charge in [0, 0.05) is 43.7 Å². The molecule has 1 aliphatic heterocycles. The SMILES string of the molecule is CC(=O)OC(C(=O)N1CCC(Cc2ccc(-n3cccc3)cc2)CC1)c1ccccc1. The van der Waals surface area contributed by atoms with Crippen molar-refractivity contribution in [3.05, 3.63) is 90.3 Å². The molecule has 1 aliphatic rings. The molecule has 3 aromatic rings. The maximum Gasteiger partial charge on any atom is 0.303 e. The number of hydrogen-bond donors (Lipinski definition) is 0. The minimum absolute atomic E-state index is 0.129. The van der Waals surface area contributed by atoms with Crippen LogP contribution in [0.5, 0.6) is 0 Å². The number of nitrogens with zero attached hydrogens (tertiary/aromatic N) is 2. The van der Waals surface area contributed by atoms with E-state index in [0.29, 0.717) is 24.6 Å². The lowest BCUT2D eigenvalue weighted by Gasteiger charge is -2.34. The maximum absolute atomic E-state index is 13.1. The first kappa shape index (κ1) is 20.9. The number of esters is 1. The van der Waals surface area contributed by atoms with Gasteiger partial charge in [-0.15, -0.1) is 0 Å². The van der Waals surface area contributed by atoms with Gasteiger partial charge < -0.3 is 14.2 Å². The molecule has 4 rings (SSSR count). The van der Waals surface area contributed by atoms with Crippen LogP contribution in [0.1, 0.15) is 37.0 Å². The summed E-state index contributed by atoms with van der Waals surface area (Å²) >= 11 is 0. The zero-order valence-corrected chi connectivity index (χ0v) is 17.8. The van der Waals surface area contributed by atoms with Gasteiger partial charge >= 0.3 is 5.97 Å². The van der Waals surface area contributed by atoms with Gasteiger partial charge in [-0.25, -0.2) is 0 Å². The van der Waals surface area contributed by atoms with E-state index < -0.39 is 12.1 Å². The van der Waals surface area contributed by atoms with Crippen LogP contribution in [0.4, 0.5) is 0 Å². The third-order valence-corrected chi connectivity index (χ3v) is 5.90. The van der Waals surface area contributed by atoms with Crippen molar-refractivity contribution in [2.45, 2.75) is 32.3 Å². The van der Waals surface area contributed by atoms with Gasteiger partial charge in [0.1, 0.15) is 0 Å². The summed E-state index contributed by atoms with van der Waals surface area (Å²) in [6.45, 7) is 2.72. The summed E-state index contributed by atoms with van der Waals surface area (Å²) in [5, 5.41) is 0. The fraction of sp³-hybridized carbons (Fsp3) is 0.308. The normalized spacial score (nSPS) is 15.5. The van der Waals surface area contributed by atoms with Crippen LogP contribution in [-0.4, -0.2) is 34.4 Å². The lowest BCUT2D eigenvalue weighted by molar-refractivity contribution is -0.160. The van der Waals surface area contributed by atoms with Crippen molar-refractivity contribution in [3.8, 4) is 5.69 Å². The molecule has 31 heavy (non-hydrogen) atoms. The molecule has 0 radical (unpaired) electrons. The monoisotopic (exact) mass is 416 g/mol. The lowest BCUT2D eigenvalue weighted by Crippen LogP contribution is -2.42. The van der Waals surface area contributed by atoms with E-state index in [0.717, 1.165) is 24.9 Å². The molecule has 2 aromatic carbocycles. The predicted octanol–water partition coefficient (Wildman–Crippen LogP) is 4.56. The molecular weight excluding hydrogens is 388 g/mol. The van der Waals surface area contributed by atoms with Crippen LogP contribution in [0.2, 0.25) is 0 Å². The van der Waals surface area contributed by atoms with Crippen LogP contribution >= 0.6 is 0 Å². The molecule has 1 fully saturated rings. The maximum atomic E-state index is 13.1. The zero-order chi connectivity index (χ0) is 21.6. The average molecular weight is 417 g/mol. The van der Waals surface area contributed by atoms with Crippen LogP contribution in [0.15, 0.2) is 79.1 Å². The summed E-state index contributed by atoms with van der Waals surface area (Å²) in [6, 6.07) is 22.0. The Bertz CT molecular complexity index is 989. The number of carbonyl (C=O) groups excluding carboxylic acids is 2. The van der Waals surface area contributed by atoms with Gasteiger partial charge in [-0.05, 0) is 55.0 Å². The van der Waals surface area contributed by atoms with E-state index in [9.17, 15) is 9.59 Å². The summed E-state index contributed by atoms with van der Waals surface area (Å²) in [7, 11) is 0. The topological polar surface area (TPSA) is 51.5 Å². The number of hydrogen-bond acceptors (Lipinski definition) is 3. The first-order chi connectivity index (χ1) is 15.1. The van der Waals surface area contributed by atoms with Crippen molar-refractivity contribution in [2.24, 2.45) is 5.92 Å². The van der Waals surface area contributed by atoms with E-state index in [-0.39, 0.29) is 5.91 Å². The van der Waals surface area contributed by atoms with Crippen molar-refractivity contribution in [1.29, 1.82) is 0 Å². The van der Waals surface area contributed by atoms with E-state index >= 15 is 0 Å². The van der Waals surface area contributed by atoms with E-state index in [1.165, 1.54) is 12.5 Å². The molecule has 1 amide bonds. The Morgan fingerprint density at radius 1 is 0.935 bits per heavy atom. The van der Waals surface area contributed by atoms with Gasteiger partial charge in [0.25, 0.3) is 5.91 Å². The molecule has 0 spiro atoms. The third-order valence-electron chi connectivity index (χ3n) is 5.90. The minimum Gasteiger partial charge on any atom is -0.447 e. The lowest BCUT2D eigenvalue weighted by atomic mass is 9.89. The zero-order valence-electron chi connectivity index (χ0n) is 17.8. The molecule has 1 unspecified atom stereocenters. The molecule has 1 atom stereocenters. The number of ether oxygens (including phenoxy) is 1. The number of piperidine rings is 1. The number of amides is 1. The van der Waals surface area contributed by atoms with Crippen molar-refractivity contribution < 1.29 is 14.3 Å². The summed E-state index contributed by atoms with van der Waals surface area (Å²) < 4.78 is 7.48. The second-order valence-electron chi connectivity index (χ2n) is 8.13. The number of rotatable bonds is 6. The third kappa shape index (κ3) is 5.23. The Labute approximate surface area is 183 Å². The van der Waals surface area contributed by atoms with Crippen molar-refractivity contribution in [3.63, 3.8) is 0 Å². The van der Waals surface area contributed by atoms with E-state index in [4.69, 9.17) is 4.74 Å². The van der Waals surface area contributed by atoms with Crippen molar-refractivity contribution >= 4 is 11.9 Å². The van der Waals surface area contributed by atoms with Crippen LogP contribution in [-0.2, 0) is 20.7 Å². The highest BCUT2D eigenvalue weighted by molar-refractivity contribution is 5.84. The smallest absolute Gasteiger partial charge is 0.303 e. The van der Waals surface area contributed by atoms with Gasteiger partial charge in [0.05, 0.1) is 0 Å². The van der Waals surface area contributed by atoms with Gasteiger partial charge in [-0.2, -0.15) is 0 Å². The first-order valence-corrected chi connectivity index (χ1v) is 10.8. The summed E-state index contributed by atoms with van der Waals surface area (Å²) in [5.74, 6) is -0.0262. The number of benzene rings is 2. The molecule has 1 aromatic heterocycles. The predicted molar refractivity (Wildman–Crippen MR) is 120 cm³/mol. The Kier molecular flexibility index (Phi) is 6.51. The molecule has 5 heteroatoms. The Balaban J connectivity index is 1.34. The number of aromatic nitrogens is 1. The van der Waals surface area contributed by atoms with Gasteiger partial charge in [-0.3, -0.25) is 9.59 Å². The van der Waals surface area contributed by atoms with Crippen LogP contribution in [0, 0.1) is 5.92 Å². The van der Waals surface area contributed by atoms with Crippen molar-refractivity contribution in [2.75, 3.05) is 13.1 Å². The van der Waals surface area contributed by atoms with Crippen molar-refractivity contribution in [1.82, 2.24) is 9.47 Å². The molecule has 5 nitrogen and oxygen atoms in total. The van der Waals surface area contributed by atoms with E-state index in [1.807, 2.05) is 59.8 Å². The standard InChI is InChI=1S/C26H28N2O3/c1-20(29)31-25(23-7-3-2-4-8-23)26(30)28-17-13-22(14-18-28)19-21-9-11-24(12-10-21)27-15-5-6-16-27/h2-12,15-16,22,25H,13-14,17-19H2,1H3. The minimum atomic E-state index is -0.864. The van der Waals surface area contributed by atoms with Gasteiger partial charge in [0.15, 0.2) is 0 Å². The van der Waals surface area contributed by atoms with Gasteiger partial charge in [-0.1, -0.05) is 42.5 Å². The molecule has 2 heterocycles. The molecule has 0 aliphatic carbocycles. The van der Waals surface area contributed by atoms with Crippen LogP contribution in [0.25, 0.3) is 5.69 Å². The Hall–Kier alpha value is -3.34. The summed E-state index contributed by atoms with van der Waals surface area (Å²) in [4.78, 5) is 26.5. The van der Waals surface area contributed by atoms with Gasteiger partial charge in [0.2, 0.25) is 6.10 Å². The first-order valence-electron chi connectivity index (χ1n) is 10.8. The highest BCUT2D eigenvalue weighted by Crippen LogP contribution is 2.26. The number of likely N-dealkylation sites (tertiary alicyclic amines) is 1. The second-order valence-corrected chi connectivity index (χ2v) is 8.13. The Morgan fingerprint density at radius 3 is 2.19 bits per heavy atom. The fourth-order valence-electron chi connectivity index (χ4n) is 4.22. The van der Waals surface area contributed by atoms with E-state index in [2.05, 4.69) is 28.8 Å². The fourth-order valence-corrected chi connectivity index (χ4v) is 4.22. The molecule has 0 saturated carbocycles. The summed E-state index contributed by atoms with van der Waals surface area (Å²) in [6.07, 6.45) is 6.14. The summed E-state index contributed by atoms with van der Waals surface area (Å²) in [5.41, 5.74) is 3.20. The van der Waals surface area contributed by atoms with E-state index in [1.54, 1.807) is 0 Å². The van der Waals surface area contributed by atoms with Crippen LogP contribution < -0.4 is 0 Å². The quantitative estimate of drug-likeness (QED) is 0.554. The average Bonchev–Trinajstić information content (AvgIpc) is 3.34. The molecule has 0 N–H and O–H groups in total. The molecule has 1 saturated heterocycles. The molecule has 160 valence electrons. The molecule has 0 bridgehead atoms. The highest BCUT2D eigenvalue weighted by atomic mass is 16.5. The Morgan fingerprint density at radius 2 is 1.58 bits per heavy atom. The molecular formula is C26H28N2O3. The second kappa shape index (κ2) is 9.65. The van der Waals surface area contributed by atoms with Crippen LogP contribution in [0.3, 0.4) is 0 Å².